The van der Waals surface area contributed by atoms with E-state index in [1.165, 1.54) is 5.69 Å². The normalized spacial score (nSPS) is 23.9. The van der Waals surface area contributed by atoms with E-state index in [9.17, 15) is 4.79 Å². The Bertz CT molecular complexity index is 1430. The largest absolute Gasteiger partial charge is 0.454 e. The Hall–Kier alpha value is -3.03. The summed E-state index contributed by atoms with van der Waals surface area (Å²) in [5.41, 5.74) is 3.10. The van der Waals surface area contributed by atoms with Crippen molar-refractivity contribution in [3.63, 3.8) is 0 Å². The van der Waals surface area contributed by atoms with E-state index in [1.807, 2.05) is 32.0 Å². The Labute approximate surface area is 214 Å². The molecule has 1 aliphatic carbocycles. The standard InChI is InChI=1S/C29H34N2O5/c1-27(2,3)25-13-18-12-20(7-8-22(18)31(25)15-21-16-35-28(4,5)36-21)30-26(32)29(10-11-29)19-6-9-23-24(14-19)34-17-33-23/h6-9,12-14,21H,10-11,15-17H2,1-5H3,(H,30,32)/i17D2. The second kappa shape index (κ2) is 7.98. The fourth-order valence-corrected chi connectivity index (χ4v) is 5.33. The third-order valence-electron chi connectivity index (χ3n) is 7.37. The van der Waals surface area contributed by atoms with Crippen molar-refractivity contribution in [2.24, 2.45) is 0 Å². The van der Waals surface area contributed by atoms with Gasteiger partial charge in [0.2, 0.25) is 12.7 Å². The van der Waals surface area contributed by atoms with Gasteiger partial charge in [-0.3, -0.25) is 4.79 Å². The van der Waals surface area contributed by atoms with E-state index in [-0.39, 0.29) is 17.4 Å². The number of hydrogen-bond acceptors (Lipinski definition) is 5. The van der Waals surface area contributed by atoms with Gasteiger partial charge in [0.15, 0.2) is 17.3 Å². The Balaban J connectivity index is 1.26. The molecule has 190 valence electrons. The van der Waals surface area contributed by atoms with Crippen molar-refractivity contribution >= 4 is 22.5 Å². The quantitative estimate of drug-likeness (QED) is 0.510. The topological polar surface area (TPSA) is 71.0 Å². The van der Waals surface area contributed by atoms with Gasteiger partial charge in [-0.2, -0.15) is 0 Å². The van der Waals surface area contributed by atoms with Gasteiger partial charge < -0.3 is 28.8 Å². The molecule has 1 unspecified atom stereocenters. The van der Waals surface area contributed by atoms with E-state index in [4.69, 9.17) is 21.7 Å². The average Bonchev–Trinajstić information content (AvgIpc) is 3.32. The fraction of sp³-hybridized carbons (Fsp3) is 0.483. The predicted octanol–water partition coefficient (Wildman–Crippen LogP) is 5.49. The predicted molar refractivity (Wildman–Crippen MR) is 138 cm³/mol. The Morgan fingerprint density at radius 2 is 1.89 bits per heavy atom. The summed E-state index contributed by atoms with van der Waals surface area (Å²) in [6, 6.07) is 13.5. The number of nitrogens with one attached hydrogen (secondary N) is 1. The molecule has 7 heteroatoms. The average molecular weight is 493 g/mol. The van der Waals surface area contributed by atoms with E-state index in [0.29, 0.717) is 24.7 Å². The fourth-order valence-electron chi connectivity index (χ4n) is 5.33. The number of ether oxygens (including phenoxy) is 4. The van der Waals surface area contributed by atoms with Crippen molar-refractivity contribution in [2.75, 3.05) is 18.7 Å². The molecular formula is C29H34N2O5. The van der Waals surface area contributed by atoms with Crippen LogP contribution in [0.2, 0.25) is 0 Å². The second-order valence-electron chi connectivity index (χ2n) is 11.6. The van der Waals surface area contributed by atoms with Crippen LogP contribution in [0.3, 0.4) is 0 Å². The van der Waals surface area contributed by atoms with E-state index in [1.54, 1.807) is 12.1 Å². The minimum Gasteiger partial charge on any atom is -0.454 e. The Morgan fingerprint density at radius 1 is 1.11 bits per heavy atom. The highest BCUT2D eigenvalue weighted by Crippen LogP contribution is 2.51. The molecule has 1 amide bonds. The zero-order chi connectivity index (χ0) is 27.1. The number of fused-ring (bicyclic) bond motifs is 2. The number of carbonyl (C=O) groups excluding carboxylic acids is 1. The zero-order valence-electron chi connectivity index (χ0n) is 23.4. The number of anilines is 1. The molecule has 7 nitrogen and oxygen atoms in total. The van der Waals surface area contributed by atoms with Crippen LogP contribution >= 0.6 is 0 Å². The molecule has 2 aromatic carbocycles. The molecule has 1 aromatic heterocycles. The maximum absolute atomic E-state index is 13.5. The van der Waals surface area contributed by atoms with Crippen molar-refractivity contribution in [1.29, 1.82) is 0 Å². The summed E-state index contributed by atoms with van der Waals surface area (Å²) < 4.78 is 40.0. The van der Waals surface area contributed by atoms with Crippen LogP contribution in [0.1, 0.15) is 61.5 Å². The number of hydrogen-bond donors (Lipinski definition) is 1. The summed E-state index contributed by atoms with van der Waals surface area (Å²) in [5, 5.41) is 4.19. The lowest BCUT2D eigenvalue weighted by atomic mass is 9.92. The summed E-state index contributed by atoms with van der Waals surface area (Å²) in [6.07, 6.45) is 1.41. The van der Waals surface area contributed by atoms with Gasteiger partial charge in [0.1, 0.15) is 8.85 Å². The van der Waals surface area contributed by atoms with Gasteiger partial charge >= 0.3 is 0 Å². The summed E-state index contributed by atoms with van der Waals surface area (Å²) in [7, 11) is 0. The van der Waals surface area contributed by atoms with Gasteiger partial charge in [-0.15, -0.1) is 0 Å². The SMILES string of the molecule is [2H]C1([2H])Oc2ccc(C3(C(=O)Nc4ccc5c(c4)cc(C(C)(C)C)n5CC4COC(C)(C)O4)CC3)cc2O1. The Morgan fingerprint density at radius 3 is 2.58 bits per heavy atom. The molecular weight excluding hydrogens is 456 g/mol. The highest BCUT2D eigenvalue weighted by Gasteiger charge is 2.51. The summed E-state index contributed by atoms with van der Waals surface area (Å²) in [6.45, 7) is 9.53. The highest BCUT2D eigenvalue weighted by atomic mass is 16.7. The lowest BCUT2D eigenvalue weighted by Gasteiger charge is -2.24. The number of aromatic nitrogens is 1. The third-order valence-corrected chi connectivity index (χ3v) is 7.37. The van der Waals surface area contributed by atoms with Crippen LogP contribution in [0.5, 0.6) is 11.5 Å². The summed E-state index contributed by atoms with van der Waals surface area (Å²) >= 11 is 0. The van der Waals surface area contributed by atoms with Gasteiger partial charge in [-0.25, -0.2) is 0 Å². The molecule has 3 aromatic rings. The molecule has 0 radical (unpaired) electrons. The molecule has 1 N–H and O–H groups in total. The number of amides is 1. The zero-order valence-corrected chi connectivity index (χ0v) is 21.4. The molecule has 36 heavy (non-hydrogen) atoms. The van der Waals surface area contributed by atoms with Crippen LogP contribution in [-0.4, -0.2) is 35.7 Å². The third kappa shape index (κ3) is 4.04. The van der Waals surface area contributed by atoms with E-state index >= 15 is 0 Å². The van der Waals surface area contributed by atoms with Gasteiger partial charge in [0.05, 0.1) is 18.6 Å². The van der Waals surface area contributed by atoms with Crippen LogP contribution in [0, 0.1) is 0 Å². The first-order chi connectivity index (χ1) is 17.7. The van der Waals surface area contributed by atoms with Crippen LogP contribution in [0.25, 0.3) is 10.9 Å². The molecule has 0 spiro atoms. The van der Waals surface area contributed by atoms with Crippen LogP contribution < -0.4 is 14.8 Å². The van der Waals surface area contributed by atoms with Crippen LogP contribution in [-0.2, 0) is 31.6 Å². The highest BCUT2D eigenvalue weighted by molar-refractivity contribution is 6.02. The van der Waals surface area contributed by atoms with E-state index < -0.39 is 17.9 Å². The first kappa shape index (κ1) is 21.1. The molecule has 1 saturated carbocycles. The first-order valence-electron chi connectivity index (χ1n) is 13.5. The van der Waals surface area contributed by atoms with Crippen LogP contribution in [0.4, 0.5) is 5.69 Å². The summed E-state index contributed by atoms with van der Waals surface area (Å²) in [4.78, 5) is 13.5. The number of rotatable bonds is 5. The van der Waals surface area contributed by atoms with Crippen molar-refractivity contribution < 1.29 is 26.5 Å². The van der Waals surface area contributed by atoms with E-state index in [2.05, 4.69) is 42.8 Å². The molecule has 2 fully saturated rings. The lowest BCUT2D eigenvalue weighted by Crippen LogP contribution is -2.27. The van der Waals surface area contributed by atoms with Gasteiger partial charge in [0.25, 0.3) is 0 Å². The number of benzene rings is 2. The molecule has 2 aliphatic heterocycles. The minimum absolute atomic E-state index is 0.0345. The van der Waals surface area contributed by atoms with Gasteiger partial charge in [-0.1, -0.05) is 26.8 Å². The monoisotopic (exact) mass is 492 g/mol. The maximum atomic E-state index is 13.5. The molecule has 6 rings (SSSR count). The van der Waals surface area contributed by atoms with Gasteiger partial charge in [-0.05, 0) is 68.7 Å². The second-order valence-corrected chi connectivity index (χ2v) is 11.6. The van der Waals surface area contributed by atoms with Crippen molar-refractivity contribution in [3.8, 4) is 11.5 Å². The first-order valence-corrected chi connectivity index (χ1v) is 12.5. The lowest BCUT2D eigenvalue weighted by molar-refractivity contribution is -0.139. The molecule has 1 saturated heterocycles. The summed E-state index contributed by atoms with van der Waals surface area (Å²) in [5.74, 6) is 0.0182. The Kier molecular flexibility index (Phi) is 4.68. The molecule has 3 heterocycles. The smallest absolute Gasteiger partial charge is 0.235 e. The van der Waals surface area contributed by atoms with Gasteiger partial charge in [0, 0.05) is 27.7 Å². The van der Waals surface area contributed by atoms with E-state index in [0.717, 1.165) is 35.0 Å². The number of nitrogens with zero attached hydrogens (tertiary/aromatic N) is 1. The molecule has 0 bridgehead atoms. The minimum atomic E-state index is -2.19. The van der Waals surface area contributed by atoms with Crippen molar-refractivity contribution in [1.82, 2.24) is 4.57 Å². The number of carbonyl (C=O) groups is 1. The maximum Gasteiger partial charge on any atom is 0.235 e. The van der Waals surface area contributed by atoms with Crippen LogP contribution in [0.15, 0.2) is 42.5 Å². The molecule has 1 atom stereocenters. The molecule has 3 aliphatic rings. The van der Waals surface area contributed by atoms with Crippen molar-refractivity contribution in [3.05, 3.63) is 53.7 Å². The van der Waals surface area contributed by atoms with Crippen molar-refractivity contribution in [2.45, 2.75) is 76.7 Å².